The van der Waals surface area contributed by atoms with E-state index in [-0.39, 0.29) is 23.4 Å². The van der Waals surface area contributed by atoms with Crippen LogP contribution in [0.15, 0.2) is 110 Å². The van der Waals surface area contributed by atoms with Crippen molar-refractivity contribution in [2.75, 3.05) is 10.2 Å². The first-order chi connectivity index (χ1) is 19.1. The van der Waals surface area contributed by atoms with Crippen molar-refractivity contribution in [2.45, 2.75) is 6.54 Å². The number of rotatable bonds is 4. The first-order valence-corrected chi connectivity index (χ1v) is 12.6. The standard InChI is InChI=1S/C31H21ClN4O3/c32-26-17-22(35-29(37)24-10-2-1-9-23(24)20-7-5-15-33-18-20)13-14-25(26)31(38)36-19-21-8-6-16-34-30(21)39-28-12-4-3-11-27(28)36/h1-18H,19H2,(H,35,37). The molecule has 3 aromatic carbocycles. The lowest BCUT2D eigenvalue weighted by Crippen LogP contribution is -2.30. The summed E-state index contributed by atoms with van der Waals surface area (Å²) in [4.78, 5) is 37.1. The number of aromatic nitrogens is 2. The molecule has 0 fully saturated rings. The maximum atomic E-state index is 13.8. The van der Waals surface area contributed by atoms with E-state index in [1.54, 1.807) is 66.0 Å². The van der Waals surface area contributed by atoms with E-state index in [0.29, 0.717) is 34.1 Å². The van der Waals surface area contributed by atoms with Gasteiger partial charge in [-0.15, -0.1) is 0 Å². The van der Waals surface area contributed by atoms with Crippen LogP contribution in [0.5, 0.6) is 11.6 Å². The number of para-hydroxylation sites is 2. The lowest BCUT2D eigenvalue weighted by atomic mass is 10.0. The lowest BCUT2D eigenvalue weighted by molar-refractivity contribution is 0.0984. The molecular formula is C31H21ClN4O3. The third-order valence-corrected chi connectivity index (χ3v) is 6.70. The number of benzene rings is 3. The summed E-state index contributed by atoms with van der Waals surface area (Å²) in [5.74, 6) is 0.381. The van der Waals surface area contributed by atoms with Crippen LogP contribution in [0.2, 0.25) is 5.02 Å². The third kappa shape index (κ3) is 4.83. The molecule has 0 atom stereocenters. The molecule has 0 radical (unpaired) electrons. The van der Waals surface area contributed by atoms with Crippen molar-refractivity contribution in [1.82, 2.24) is 9.97 Å². The molecule has 6 rings (SSSR count). The molecule has 1 aliphatic heterocycles. The first kappa shape index (κ1) is 24.3. The van der Waals surface area contributed by atoms with Crippen LogP contribution >= 0.6 is 11.6 Å². The summed E-state index contributed by atoms with van der Waals surface area (Å²) >= 11 is 6.62. The number of nitrogens with one attached hydrogen (secondary N) is 1. The third-order valence-electron chi connectivity index (χ3n) is 6.39. The Hall–Kier alpha value is -5.01. The van der Waals surface area contributed by atoms with Crippen LogP contribution in [0.3, 0.4) is 0 Å². The number of hydrogen-bond acceptors (Lipinski definition) is 5. The lowest BCUT2D eigenvalue weighted by Gasteiger charge is -2.22. The molecule has 1 aliphatic rings. The van der Waals surface area contributed by atoms with Crippen LogP contribution < -0.4 is 15.0 Å². The predicted octanol–water partition coefficient (Wildman–Crippen LogP) is 7.00. The van der Waals surface area contributed by atoms with Crippen molar-refractivity contribution in [3.63, 3.8) is 0 Å². The summed E-state index contributed by atoms with van der Waals surface area (Å²) < 4.78 is 6.01. The van der Waals surface area contributed by atoms with Gasteiger partial charge in [0, 0.05) is 41.0 Å². The van der Waals surface area contributed by atoms with E-state index < -0.39 is 0 Å². The smallest absolute Gasteiger partial charge is 0.260 e. The number of nitrogens with zero attached hydrogens (tertiary/aromatic N) is 3. The highest BCUT2D eigenvalue weighted by molar-refractivity contribution is 6.35. The Balaban J connectivity index is 1.28. The van der Waals surface area contributed by atoms with Crippen LogP contribution in [0, 0.1) is 0 Å². The fraction of sp³-hybridized carbons (Fsp3) is 0.0323. The van der Waals surface area contributed by atoms with Gasteiger partial charge in [0.25, 0.3) is 11.8 Å². The second-order valence-electron chi connectivity index (χ2n) is 8.86. The van der Waals surface area contributed by atoms with E-state index in [4.69, 9.17) is 16.3 Å². The highest BCUT2D eigenvalue weighted by Crippen LogP contribution is 2.39. The zero-order valence-corrected chi connectivity index (χ0v) is 21.3. The minimum absolute atomic E-state index is 0.215. The van der Waals surface area contributed by atoms with Crippen LogP contribution in [-0.2, 0) is 6.54 Å². The topological polar surface area (TPSA) is 84.4 Å². The Morgan fingerprint density at radius 1 is 0.872 bits per heavy atom. The van der Waals surface area contributed by atoms with E-state index in [2.05, 4.69) is 15.3 Å². The predicted molar refractivity (Wildman–Crippen MR) is 150 cm³/mol. The number of halogens is 1. The minimum Gasteiger partial charge on any atom is -0.436 e. The molecule has 39 heavy (non-hydrogen) atoms. The Bertz CT molecular complexity index is 1710. The van der Waals surface area contributed by atoms with Gasteiger partial charge in [-0.1, -0.05) is 54.1 Å². The van der Waals surface area contributed by atoms with E-state index in [9.17, 15) is 9.59 Å². The van der Waals surface area contributed by atoms with Crippen molar-refractivity contribution < 1.29 is 14.3 Å². The zero-order chi connectivity index (χ0) is 26.8. The number of pyridine rings is 2. The maximum absolute atomic E-state index is 13.8. The van der Waals surface area contributed by atoms with Gasteiger partial charge in [0.2, 0.25) is 5.88 Å². The summed E-state index contributed by atoms with van der Waals surface area (Å²) in [6, 6.07) is 26.9. The molecule has 0 spiro atoms. The summed E-state index contributed by atoms with van der Waals surface area (Å²) in [7, 11) is 0. The number of carbonyl (C=O) groups excluding carboxylic acids is 2. The molecule has 0 unspecified atom stereocenters. The summed E-state index contributed by atoms with van der Waals surface area (Å²) in [5.41, 5.74) is 4.24. The molecule has 2 aromatic heterocycles. The van der Waals surface area contributed by atoms with Gasteiger partial charge in [-0.05, 0) is 54.1 Å². The largest absolute Gasteiger partial charge is 0.436 e. The summed E-state index contributed by atoms with van der Waals surface area (Å²) in [6.45, 7) is 0.263. The molecule has 0 aliphatic carbocycles. The van der Waals surface area contributed by atoms with E-state index in [0.717, 1.165) is 16.7 Å². The molecule has 7 nitrogen and oxygen atoms in total. The SMILES string of the molecule is O=C(Nc1ccc(C(=O)N2Cc3cccnc3Oc3ccccc32)c(Cl)c1)c1ccccc1-c1cccnc1. The Kier molecular flexibility index (Phi) is 6.49. The second kappa shape index (κ2) is 10.4. The highest BCUT2D eigenvalue weighted by atomic mass is 35.5. The zero-order valence-electron chi connectivity index (χ0n) is 20.5. The van der Waals surface area contributed by atoms with Gasteiger partial charge >= 0.3 is 0 Å². The number of hydrogen-bond donors (Lipinski definition) is 1. The monoisotopic (exact) mass is 532 g/mol. The van der Waals surface area contributed by atoms with Crippen molar-refractivity contribution in [3.8, 4) is 22.8 Å². The van der Waals surface area contributed by atoms with Crippen molar-refractivity contribution >= 4 is 34.8 Å². The average Bonchev–Trinajstić information content (AvgIpc) is 3.14. The summed E-state index contributed by atoms with van der Waals surface area (Å²) in [6.07, 6.45) is 5.05. The molecule has 8 heteroatoms. The van der Waals surface area contributed by atoms with Crippen molar-refractivity contribution in [1.29, 1.82) is 0 Å². The Morgan fingerprint density at radius 3 is 2.54 bits per heavy atom. The fourth-order valence-electron chi connectivity index (χ4n) is 4.51. The van der Waals surface area contributed by atoms with Gasteiger partial charge in [0.1, 0.15) is 0 Å². The number of anilines is 2. The van der Waals surface area contributed by atoms with E-state index >= 15 is 0 Å². The van der Waals surface area contributed by atoms with E-state index in [1.165, 1.54) is 0 Å². The van der Waals surface area contributed by atoms with Gasteiger partial charge in [0.05, 0.1) is 22.8 Å². The molecule has 3 heterocycles. The fourth-order valence-corrected chi connectivity index (χ4v) is 4.77. The molecular weight excluding hydrogens is 512 g/mol. The van der Waals surface area contributed by atoms with Gasteiger partial charge < -0.3 is 15.0 Å². The van der Waals surface area contributed by atoms with Crippen molar-refractivity contribution in [3.05, 3.63) is 131 Å². The van der Waals surface area contributed by atoms with Crippen LogP contribution in [0.1, 0.15) is 26.3 Å². The number of fused-ring (bicyclic) bond motifs is 2. The summed E-state index contributed by atoms with van der Waals surface area (Å²) in [5, 5.41) is 3.11. The molecule has 0 saturated heterocycles. The second-order valence-corrected chi connectivity index (χ2v) is 9.27. The molecule has 5 aromatic rings. The number of amides is 2. The number of ether oxygens (including phenoxy) is 1. The Morgan fingerprint density at radius 2 is 1.69 bits per heavy atom. The van der Waals surface area contributed by atoms with Crippen LogP contribution in [0.25, 0.3) is 11.1 Å². The quantitative estimate of drug-likeness (QED) is 0.269. The molecule has 0 saturated carbocycles. The van der Waals surface area contributed by atoms with Crippen molar-refractivity contribution in [2.24, 2.45) is 0 Å². The molecule has 1 N–H and O–H groups in total. The number of carbonyl (C=O) groups is 2. The normalized spacial score (nSPS) is 12.0. The van der Waals surface area contributed by atoms with Crippen LogP contribution in [0.4, 0.5) is 11.4 Å². The molecule has 0 bridgehead atoms. The Labute approximate surface area is 229 Å². The average molecular weight is 533 g/mol. The maximum Gasteiger partial charge on any atom is 0.260 e. The van der Waals surface area contributed by atoms with E-state index in [1.807, 2.05) is 48.5 Å². The van der Waals surface area contributed by atoms with Gasteiger partial charge in [-0.2, -0.15) is 0 Å². The molecule has 2 amide bonds. The molecule has 190 valence electrons. The van der Waals surface area contributed by atoms with Gasteiger partial charge in [0.15, 0.2) is 5.75 Å². The van der Waals surface area contributed by atoms with Gasteiger partial charge in [-0.3, -0.25) is 14.6 Å². The van der Waals surface area contributed by atoms with Crippen LogP contribution in [-0.4, -0.2) is 21.8 Å². The van der Waals surface area contributed by atoms with Gasteiger partial charge in [-0.25, -0.2) is 4.98 Å². The highest BCUT2D eigenvalue weighted by Gasteiger charge is 2.28. The first-order valence-electron chi connectivity index (χ1n) is 12.2. The minimum atomic E-state index is -0.299.